The zero-order valence-electron chi connectivity index (χ0n) is 10.3. The third-order valence-corrected chi connectivity index (χ3v) is 3.65. The molecule has 1 saturated carbocycles. The first kappa shape index (κ1) is 14.4. The van der Waals surface area contributed by atoms with E-state index >= 15 is 0 Å². The Morgan fingerprint density at radius 2 is 2.11 bits per heavy atom. The molecular formula is C13H15BrN2O2S. The summed E-state index contributed by atoms with van der Waals surface area (Å²) in [4.78, 5) is 23.9. The van der Waals surface area contributed by atoms with Crippen LogP contribution in [0, 0.1) is 0 Å². The smallest absolute Gasteiger partial charge is 0.252 e. The molecule has 0 radical (unpaired) electrons. The minimum atomic E-state index is -0.211. The fraction of sp³-hybridized carbons (Fsp3) is 0.385. The van der Waals surface area contributed by atoms with Crippen molar-refractivity contribution in [3.63, 3.8) is 0 Å². The maximum atomic E-state index is 11.9. The molecule has 0 aliphatic heterocycles. The summed E-state index contributed by atoms with van der Waals surface area (Å²) >= 11 is 7.57. The van der Waals surface area contributed by atoms with Crippen LogP contribution in [0.15, 0.2) is 27.6 Å². The van der Waals surface area contributed by atoms with Crippen LogP contribution in [0.5, 0.6) is 0 Å². The quantitative estimate of drug-likeness (QED) is 0.718. The van der Waals surface area contributed by atoms with Gasteiger partial charge >= 0.3 is 0 Å². The number of benzene rings is 1. The Labute approximate surface area is 125 Å². The van der Waals surface area contributed by atoms with Gasteiger partial charge in [-0.15, -0.1) is 12.6 Å². The fourth-order valence-electron chi connectivity index (χ4n) is 1.61. The first-order valence-electron chi connectivity index (χ1n) is 6.12. The third kappa shape index (κ3) is 4.54. The number of hydrogen-bond acceptors (Lipinski definition) is 3. The van der Waals surface area contributed by atoms with Crippen molar-refractivity contribution in [2.24, 2.45) is 0 Å². The van der Waals surface area contributed by atoms with Crippen molar-refractivity contribution in [1.82, 2.24) is 10.6 Å². The van der Waals surface area contributed by atoms with Gasteiger partial charge in [-0.1, -0.05) is 15.9 Å². The Balaban J connectivity index is 1.78. The second kappa shape index (κ2) is 6.43. The number of rotatable bonds is 5. The van der Waals surface area contributed by atoms with Gasteiger partial charge in [0.1, 0.15) is 0 Å². The lowest BCUT2D eigenvalue weighted by Gasteiger charge is -2.08. The van der Waals surface area contributed by atoms with Crippen LogP contribution in [0.4, 0.5) is 0 Å². The highest BCUT2D eigenvalue weighted by Gasteiger charge is 2.22. The zero-order valence-corrected chi connectivity index (χ0v) is 12.8. The molecule has 1 aliphatic rings. The van der Waals surface area contributed by atoms with E-state index in [-0.39, 0.29) is 11.8 Å². The van der Waals surface area contributed by atoms with Gasteiger partial charge in [0.15, 0.2) is 0 Å². The molecule has 0 spiro atoms. The van der Waals surface area contributed by atoms with Gasteiger partial charge in [-0.2, -0.15) is 0 Å². The molecule has 0 atom stereocenters. The molecule has 19 heavy (non-hydrogen) atoms. The molecule has 1 fully saturated rings. The first-order chi connectivity index (χ1) is 9.06. The summed E-state index contributed by atoms with van der Waals surface area (Å²) < 4.78 is 0.873. The van der Waals surface area contributed by atoms with Crippen LogP contribution in [0.3, 0.4) is 0 Å². The molecule has 0 bridgehead atoms. The SMILES string of the molecule is O=C(CCNC(=O)c1ccc(Br)cc1S)NC1CC1. The number of hydrogen-bond donors (Lipinski definition) is 3. The third-order valence-electron chi connectivity index (χ3n) is 2.78. The van der Waals surface area contributed by atoms with E-state index in [1.807, 2.05) is 0 Å². The number of nitrogens with one attached hydrogen (secondary N) is 2. The summed E-state index contributed by atoms with van der Waals surface area (Å²) in [6.07, 6.45) is 2.45. The molecule has 0 unspecified atom stereocenters. The molecule has 1 aromatic rings. The van der Waals surface area contributed by atoms with Crippen LogP contribution in [-0.2, 0) is 4.79 Å². The van der Waals surface area contributed by atoms with Crippen molar-refractivity contribution in [2.45, 2.75) is 30.2 Å². The van der Waals surface area contributed by atoms with E-state index in [4.69, 9.17) is 0 Å². The van der Waals surface area contributed by atoms with Gasteiger partial charge in [-0.25, -0.2) is 0 Å². The number of thiol groups is 1. The maximum absolute atomic E-state index is 11.9. The van der Waals surface area contributed by atoms with E-state index in [1.54, 1.807) is 18.2 Å². The molecule has 102 valence electrons. The van der Waals surface area contributed by atoms with Gasteiger partial charge in [0.2, 0.25) is 5.91 Å². The highest BCUT2D eigenvalue weighted by Crippen LogP contribution is 2.20. The number of carbonyl (C=O) groups is 2. The molecule has 0 saturated heterocycles. The Bertz CT molecular complexity index is 503. The Morgan fingerprint density at radius 3 is 2.74 bits per heavy atom. The highest BCUT2D eigenvalue weighted by molar-refractivity contribution is 9.10. The Kier molecular flexibility index (Phi) is 4.87. The van der Waals surface area contributed by atoms with Crippen LogP contribution < -0.4 is 10.6 Å². The summed E-state index contributed by atoms with van der Waals surface area (Å²) in [7, 11) is 0. The summed E-state index contributed by atoms with van der Waals surface area (Å²) in [5.41, 5.74) is 0.508. The van der Waals surface area contributed by atoms with Crippen molar-refractivity contribution in [3.05, 3.63) is 28.2 Å². The van der Waals surface area contributed by atoms with Crippen molar-refractivity contribution in [3.8, 4) is 0 Å². The van der Waals surface area contributed by atoms with E-state index in [9.17, 15) is 9.59 Å². The number of halogens is 1. The van der Waals surface area contributed by atoms with Crippen LogP contribution in [0.25, 0.3) is 0 Å². The molecule has 1 aromatic carbocycles. The van der Waals surface area contributed by atoms with Crippen LogP contribution >= 0.6 is 28.6 Å². The maximum Gasteiger partial charge on any atom is 0.252 e. The predicted octanol–water partition coefficient (Wildman–Crippen LogP) is 2.14. The van der Waals surface area contributed by atoms with Gasteiger partial charge in [0, 0.05) is 28.4 Å². The van der Waals surface area contributed by atoms with Crippen LogP contribution in [0.1, 0.15) is 29.6 Å². The van der Waals surface area contributed by atoms with Gasteiger partial charge < -0.3 is 10.6 Å². The van der Waals surface area contributed by atoms with Crippen LogP contribution in [-0.4, -0.2) is 24.4 Å². The van der Waals surface area contributed by atoms with Crippen molar-refractivity contribution in [2.75, 3.05) is 6.54 Å². The molecule has 6 heteroatoms. The van der Waals surface area contributed by atoms with E-state index < -0.39 is 0 Å². The molecule has 2 rings (SSSR count). The van der Waals surface area contributed by atoms with E-state index in [2.05, 4.69) is 39.2 Å². The molecule has 2 N–H and O–H groups in total. The molecule has 1 aliphatic carbocycles. The minimum Gasteiger partial charge on any atom is -0.353 e. The second-order valence-corrected chi connectivity index (χ2v) is 5.91. The van der Waals surface area contributed by atoms with Crippen LogP contribution in [0.2, 0.25) is 0 Å². The van der Waals surface area contributed by atoms with E-state index in [0.29, 0.717) is 29.5 Å². The monoisotopic (exact) mass is 342 g/mol. The van der Waals surface area contributed by atoms with Gasteiger partial charge in [-0.3, -0.25) is 9.59 Å². The largest absolute Gasteiger partial charge is 0.353 e. The first-order valence-corrected chi connectivity index (χ1v) is 7.36. The summed E-state index contributed by atoms with van der Waals surface area (Å²) in [6, 6.07) is 5.61. The lowest BCUT2D eigenvalue weighted by Crippen LogP contribution is -2.31. The molecule has 0 aromatic heterocycles. The van der Waals surface area contributed by atoms with Crippen molar-refractivity contribution >= 4 is 40.4 Å². The highest BCUT2D eigenvalue weighted by atomic mass is 79.9. The van der Waals surface area contributed by atoms with Crippen molar-refractivity contribution in [1.29, 1.82) is 0 Å². The molecule has 0 heterocycles. The fourth-order valence-corrected chi connectivity index (χ4v) is 2.46. The predicted molar refractivity (Wildman–Crippen MR) is 79.5 cm³/mol. The Hall–Kier alpha value is -1.01. The molecular weight excluding hydrogens is 328 g/mol. The summed E-state index contributed by atoms with van der Waals surface area (Å²) in [6.45, 7) is 0.334. The van der Waals surface area contributed by atoms with Gasteiger partial charge in [0.05, 0.1) is 5.56 Å². The summed E-state index contributed by atoms with van der Waals surface area (Å²) in [5.74, 6) is -0.221. The second-order valence-electron chi connectivity index (χ2n) is 4.51. The van der Waals surface area contributed by atoms with E-state index in [1.165, 1.54) is 0 Å². The average molecular weight is 343 g/mol. The average Bonchev–Trinajstić information content (AvgIpc) is 3.12. The standard InChI is InChI=1S/C13H15BrN2O2S/c14-8-1-4-10(11(19)7-8)13(18)15-6-5-12(17)16-9-2-3-9/h1,4,7,9,19H,2-3,5-6H2,(H,15,18)(H,16,17). The minimum absolute atomic E-state index is 0.00953. The summed E-state index contributed by atoms with van der Waals surface area (Å²) in [5, 5.41) is 5.59. The van der Waals surface area contributed by atoms with Crippen molar-refractivity contribution < 1.29 is 9.59 Å². The normalized spacial score (nSPS) is 14.0. The number of carbonyl (C=O) groups excluding carboxylic acids is 2. The van der Waals surface area contributed by atoms with E-state index in [0.717, 1.165) is 17.3 Å². The molecule has 4 nitrogen and oxygen atoms in total. The Morgan fingerprint density at radius 1 is 1.37 bits per heavy atom. The lowest BCUT2D eigenvalue weighted by molar-refractivity contribution is -0.121. The number of amides is 2. The topological polar surface area (TPSA) is 58.2 Å². The van der Waals surface area contributed by atoms with Gasteiger partial charge in [-0.05, 0) is 31.0 Å². The zero-order chi connectivity index (χ0) is 13.8. The lowest BCUT2D eigenvalue weighted by atomic mass is 10.2. The molecule has 2 amide bonds. The van der Waals surface area contributed by atoms with Gasteiger partial charge in [0.25, 0.3) is 5.91 Å².